The first-order valence-electron chi connectivity index (χ1n) is 10.9. The molecule has 0 unspecified atom stereocenters. The van der Waals surface area contributed by atoms with E-state index in [1.807, 2.05) is 31.2 Å². The third-order valence-corrected chi connectivity index (χ3v) is 5.77. The van der Waals surface area contributed by atoms with Crippen molar-refractivity contribution in [2.75, 3.05) is 42.3 Å². The molecule has 3 N–H and O–H groups in total. The van der Waals surface area contributed by atoms with Gasteiger partial charge in [-0.2, -0.15) is 0 Å². The van der Waals surface area contributed by atoms with Crippen LogP contribution in [0.1, 0.15) is 6.92 Å². The molecule has 0 spiro atoms. The lowest BCUT2D eigenvalue weighted by molar-refractivity contribution is 0.122. The van der Waals surface area contributed by atoms with Crippen LogP contribution in [0.3, 0.4) is 0 Å². The van der Waals surface area contributed by atoms with E-state index in [1.54, 1.807) is 23.2 Å². The Morgan fingerprint density at radius 2 is 1.82 bits per heavy atom. The van der Waals surface area contributed by atoms with E-state index in [0.29, 0.717) is 23.4 Å². The van der Waals surface area contributed by atoms with Crippen molar-refractivity contribution in [2.45, 2.75) is 13.5 Å². The van der Waals surface area contributed by atoms with Crippen LogP contribution in [0.15, 0.2) is 59.8 Å². The first kappa shape index (κ1) is 20.9. The zero-order chi connectivity index (χ0) is 22.8. The SMILES string of the molecule is CCn1ccc2cc(-c3cnc(N)nc3)nc(Nc3ccc(N4CCOCC4)cc3)c2c1=O. The van der Waals surface area contributed by atoms with Gasteiger partial charge in [0, 0.05) is 55.2 Å². The molecule has 0 bridgehead atoms. The molecule has 33 heavy (non-hydrogen) atoms. The van der Waals surface area contributed by atoms with Gasteiger partial charge in [0.05, 0.1) is 24.3 Å². The van der Waals surface area contributed by atoms with Crippen molar-refractivity contribution < 1.29 is 4.74 Å². The van der Waals surface area contributed by atoms with Crippen LogP contribution in [0.4, 0.5) is 23.1 Å². The van der Waals surface area contributed by atoms with Crippen molar-refractivity contribution in [1.82, 2.24) is 19.5 Å². The molecular weight excluding hydrogens is 418 g/mol. The fourth-order valence-electron chi connectivity index (χ4n) is 3.97. The number of rotatable bonds is 5. The van der Waals surface area contributed by atoms with Gasteiger partial charge in [-0.1, -0.05) is 0 Å². The van der Waals surface area contributed by atoms with Gasteiger partial charge < -0.3 is 25.3 Å². The number of aromatic nitrogens is 4. The number of pyridine rings is 2. The van der Waals surface area contributed by atoms with E-state index < -0.39 is 0 Å². The second-order valence-electron chi connectivity index (χ2n) is 7.83. The molecule has 9 nitrogen and oxygen atoms in total. The smallest absolute Gasteiger partial charge is 0.262 e. The maximum absolute atomic E-state index is 13.1. The molecule has 0 radical (unpaired) electrons. The van der Waals surface area contributed by atoms with Gasteiger partial charge in [-0.3, -0.25) is 4.79 Å². The number of nitrogens with two attached hydrogens (primary N) is 1. The second kappa shape index (κ2) is 8.87. The van der Waals surface area contributed by atoms with Crippen molar-refractivity contribution in [1.29, 1.82) is 0 Å². The van der Waals surface area contributed by atoms with Gasteiger partial charge in [0.1, 0.15) is 5.82 Å². The fraction of sp³-hybridized carbons (Fsp3) is 0.250. The summed E-state index contributed by atoms with van der Waals surface area (Å²) in [5, 5.41) is 4.69. The summed E-state index contributed by atoms with van der Waals surface area (Å²) in [6.45, 7) is 5.75. The van der Waals surface area contributed by atoms with Crippen LogP contribution in [0, 0.1) is 0 Å². The van der Waals surface area contributed by atoms with E-state index >= 15 is 0 Å². The predicted molar refractivity (Wildman–Crippen MR) is 130 cm³/mol. The van der Waals surface area contributed by atoms with Crippen LogP contribution >= 0.6 is 0 Å². The highest BCUT2D eigenvalue weighted by molar-refractivity contribution is 5.95. The lowest BCUT2D eigenvalue weighted by Gasteiger charge is -2.28. The predicted octanol–water partition coefficient (Wildman–Crippen LogP) is 3.04. The Kier molecular flexibility index (Phi) is 5.62. The number of benzene rings is 1. The van der Waals surface area contributed by atoms with E-state index in [4.69, 9.17) is 15.5 Å². The van der Waals surface area contributed by atoms with Crippen molar-refractivity contribution in [3.63, 3.8) is 0 Å². The molecule has 1 aromatic carbocycles. The quantitative estimate of drug-likeness (QED) is 0.484. The molecule has 4 aromatic rings. The molecular formula is C24H25N7O2. The average molecular weight is 444 g/mol. The zero-order valence-corrected chi connectivity index (χ0v) is 18.4. The summed E-state index contributed by atoms with van der Waals surface area (Å²) in [5.74, 6) is 0.690. The largest absolute Gasteiger partial charge is 0.378 e. The number of morpholine rings is 1. The Labute approximate surface area is 190 Å². The van der Waals surface area contributed by atoms with Crippen molar-refractivity contribution in [3.05, 3.63) is 65.3 Å². The summed E-state index contributed by atoms with van der Waals surface area (Å²) in [6.07, 6.45) is 5.06. The van der Waals surface area contributed by atoms with E-state index in [0.717, 1.165) is 48.6 Å². The highest BCUT2D eigenvalue weighted by Crippen LogP contribution is 2.28. The molecule has 0 atom stereocenters. The van der Waals surface area contributed by atoms with E-state index in [-0.39, 0.29) is 11.5 Å². The molecule has 4 heterocycles. The van der Waals surface area contributed by atoms with E-state index in [2.05, 4.69) is 32.3 Å². The lowest BCUT2D eigenvalue weighted by atomic mass is 10.1. The molecule has 0 saturated carbocycles. The Bertz CT molecular complexity index is 1330. The number of anilines is 4. The normalized spacial score (nSPS) is 13.9. The summed E-state index contributed by atoms with van der Waals surface area (Å²) < 4.78 is 7.11. The number of hydrogen-bond donors (Lipinski definition) is 2. The zero-order valence-electron chi connectivity index (χ0n) is 18.4. The lowest BCUT2D eigenvalue weighted by Crippen LogP contribution is -2.36. The van der Waals surface area contributed by atoms with Gasteiger partial charge >= 0.3 is 0 Å². The minimum atomic E-state index is -0.0879. The summed E-state index contributed by atoms with van der Waals surface area (Å²) >= 11 is 0. The van der Waals surface area contributed by atoms with Gasteiger partial charge in [-0.15, -0.1) is 0 Å². The van der Waals surface area contributed by atoms with Gasteiger partial charge in [-0.05, 0) is 48.7 Å². The van der Waals surface area contributed by atoms with Gasteiger partial charge in [0.25, 0.3) is 5.56 Å². The van der Waals surface area contributed by atoms with E-state index in [1.165, 1.54) is 0 Å². The van der Waals surface area contributed by atoms with Crippen molar-refractivity contribution in [2.24, 2.45) is 0 Å². The maximum atomic E-state index is 13.1. The monoisotopic (exact) mass is 443 g/mol. The average Bonchev–Trinajstić information content (AvgIpc) is 2.85. The number of fused-ring (bicyclic) bond motifs is 1. The number of nitrogens with zero attached hydrogens (tertiary/aromatic N) is 5. The molecule has 5 rings (SSSR count). The molecule has 168 valence electrons. The summed E-state index contributed by atoms with van der Waals surface area (Å²) in [5.41, 5.74) is 8.91. The summed E-state index contributed by atoms with van der Waals surface area (Å²) in [7, 11) is 0. The standard InChI is InChI=1S/C24H25N7O2/c1-2-30-8-7-16-13-20(17-14-26-24(25)27-15-17)29-22(21(16)23(30)32)28-18-3-5-19(6-4-18)31-9-11-33-12-10-31/h3-8,13-15H,2,9-12H2,1H3,(H,28,29)(H2,25,26,27). The summed E-state index contributed by atoms with van der Waals surface area (Å²) in [6, 6.07) is 11.9. The van der Waals surface area contributed by atoms with Crippen LogP contribution in [0.25, 0.3) is 22.0 Å². The van der Waals surface area contributed by atoms with Crippen molar-refractivity contribution >= 4 is 33.9 Å². The first-order chi connectivity index (χ1) is 16.1. The minimum Gasteiger partial charge on any atom is -0.378 e. The Morgan fingerprint density at radius 3 is 2.52 bits per heavy atom. The topological polar surface area (TPSA) is 111 Å². The maximum Gasteiger partial charge on any atom is 0.262 e. The fourth-order valence-corrected chi connectivity index (χ4v) is 3.97. The molecule has 9 heteroatoms. The Hall–Kier alpha value is -3.98. The minimum absolute atomic E-state index is 0.0879. The molecule has 1 saturated heterocycles. The highest BCUT2D eigenvalue weighted by Gasteiger charge is 2.15. The Morgan fingerprint density at radius 1 is 1.09 bits per heavy atom. The van der Waals surface area contributed by atoms with E-state index in [9.17, 15) is 4.79 Å². The van der Waals surface area contributed by atoms with Crippen LogP contribution in [-0.2, 0) is 11.3 Å². The van der Waals surface area contributed by atoms with Crippen LogP contribution in [-0.4, -0.2) is 45.8 Å². The number of aryl methyl sites for hydroxylation is 1. The highest BCUT2D eigenvalue weighted by atomic mass is 16.5. The molecule has 1 aliphatic heterocycles. The van der Waals surface area contributed by atoms with Gasteiger partial charge in [0.2, 0.25) is 5.95 Å². The van der Waals surface area contributed by atoms with Crippen LogP contribution < -0.4 is 21.5 Å². The number of nitrogen functional groups attached to an aromatic ring is 1. The third kappa shape index (κ3) is 4.22. The third-order valence-electron chi connectivity index (χ3n) is 5.77. The molecule has 1 fully saturated rings. The first-order valence-corrected chi connectivity index (χ1v) is 10.9. The number of hydrogen-bond acceptors (Lipinski definition) is 8. The molecule has 3 aromatic heterocycles. The second-order valence-corrected chi connectivity index (χ2v) is 7.83. The molecule has 0 amide bonds. The summed E-state index contributed by atoms with van der Waals surface area (Å²) in [4.78, 5) is 28.4. The number of ether oxygens (including phenoxy) is 1. The van der Waals surface area contributed by atoms with Gasteiger partial charge in [-0.25, -0.2) is 15.0 Å². The van der Waals surface area contributed by atoms with Crippen LogP contribution in [0.5, 0.6) is 0 Å². The Balaban J connectivity index is 1.56. The van der Waals surface area contributed by atoms with Gasteiger partial charge in [0.15, 0.2) is 0 Å². The molecule has 1 aliphatic rings. The van der Waals surface area contributed by atoms with Crippen molar-refractivity contribution in [3.8, 4) is 11.3 Å². The van der Waals surface area contributed by atoms with Crippen LogP contribution in [0.2, 0.25) is 0 Å². The number of nitrogens with one attached hydrogen (secondary N) is 1. The molecule has 0 aliphatic carbocycles.